The van der Waals surface area contributed by atoms with Gasteiger partial charge in [-0.1, -0.05) is 18.2 Å². The molecule has 21 heavy (non-hydrogen) atoms. The van der Waals surface area contributed by atoms with E-state index in [-0.39, 0.29) is 5.75 Å². The first kappa shape index (κ1) is 13.6. The molecule has 4 nitrogen and oxygen atoms in total. The Labute approximate surface area is 123 Å². The lowest BCUT2D eigenvalue weighted by molar-refractivity contribution is -0.0494. The maximum Gasteiger partial charge on any atom is 0.387 e. The Morgan fingerprint density at radius 2 is 2.00 bits per heavy atom. The predicted molar refractivity (Wildman–Crippen MR) is 78.4 cm³/mol. The van der Waals surface area contributed by atoms with Gasteiger partial charge in [0.25, 0.3) is 0 Å². The summed E-state index contributed by atoms with van der Waals surface area (Å²) >= 11 is 1.49. The zero-order chi connectivity index (χ0) is 14.8. The number of H-pyrrole nitrogens is 1. The lowest BCUT2D eigenvalue weighted by Gasteiger charge is -2.10. The molecule has 2 heterocycles. The molecule has 0 aliphatic carbocycles. The van der Waals surface area contributed by atoms with Crippen LogP contribution in [-0.2, 0) is 0 Å². The number of aromatic amines is 1. The zero-order valence-electron chi connectivity index (χ0n) is 10.7. The van der Waals surface area contributed by atoms with Gasteiger partial charge in [0.2, 0.25) is 0 Å². The average molecular weight is 307 g/mol. The molecule has 0 spiro atoms. The van der Waals surface area contributed by atoms with Crippen LogP contribution in [0.5, 0.6) is 5.75 Å². The van der Waals surface area contributed by atoms with Crippen molar-refractivity contribution in [3.8, 4) is 27.4 Å². The van der Waals surface area contributed by atoms with Gasteiger partial charge < -0.3 is 10.5 Å². The second-order valence-electron chi connectivity index (χ2n) is 4.21. The molecule has 0 fully saturated rings. The van der Waals surface area contributed by atoms with Crippen LogP contribution in [0.3, 0.4) is 0 Å². The zero-order valence-corrected chi connectivity index (χ0v) is 11.5. The number of hydrogen-bond acceptors (Lipinski definition) is 4. The molecule has 7 heteroatoms. The molecule has 0 atom stereocenters. The Morgan fingerprint density at radius 3 is 2.71 bits per heavy atom. The van der Waals surface area contributed by atoms with Crippen molar-refractivity contribution in [2.75, 3.05) is 5.73 Å². The smallest absolute Gasteiger partial charge is 0.387 e. The van der Waals surface area contributed by atoms with Gasteiger partial charge in [-0.15, -0.1) is 11.3 Å². The number of rotatable bonds is 4. The number of anilines is 1. The van der Waals surface area contributed by atoms with E-state index in [9.17, 15) is 8.78 Å². The molecule has 2 aromatic heterocycles. The van der Waals surface area contributed by atoms with E-state index < -0.39 is 6.61 Å². The fourth-order valence-corrected chi connectivity index (χ4v) is 2.88. The topological polar surface area (TPSA) is 63.9 Å². The van der Waals surface area contributed by atoms with E-state index >= 15 is 0 Å². The molecule has 1 aromatic carbocycles. The summed E-state index contributed by atoms with van der Waals surface area (Å²) in [7, 11) is 0. The van der Waals surface area contributed by atoms with Crippen molar-refractivity contribution in [3.63, 3.8) is 0 Å². The Bertz CT molecular complexity index is 741. The summed E-state index contributed by atoms with van der Waals surface area (Å²) in [5, 5.41) is 8.69. The number of halogens is 2. The number of nitrogen functional groups attached to an aromatic ring is 1. The highest BCUT2D eigenvalue weighted by molar-refractivity contribution is 7.13. The van der Waals surface area contributed by atoms with E-state index in [1.807, 2.05) is 17.5 Å². The minimum Gasteiger partial charge on any atom is -0.434 e. The van der Waals surface area contributed by atoms with Crippen molar-refractivity contribution in [1.29, 1.82) is 0 Å². The van der Waals surface area contributed by atoms with Crippen LogP contribution in [0.4, 0.5) is 14.6 Å². The summed E-state index contributed by atoms with van der Waals surface area (Å²) < 4.78 is 29.6. The van der Waals surface area contributed by atoms with Gasteiger partial charge in [-0.05, 0) is 23.6 Å². The Hall–Kier alpha value is -2.41. The summed E-state index contributed by atoms with van der Waals surface area (Å²) in [4.78, 5) is 0.906. The number of alkyl halides is 2. The van der Waals surface area contributed by atoms with Crippen molar-refractivity contribution in [2.45, 2.75) is 6.61 Å². The van der Waals surface area contributed by atoms with E-state index in [2.05, 4.69) is 14.9 Å². The normalized spacial score (nSPS) is 11.0. The third-order valence-electron chi connectivity index (χ3n) is 2.93. The summed E-state index contributed by atoms with van der Waals surface area (Å²) in [6, 6.07) is 10.3. The molecule has 3 aromatic rings. The number of para-hydroxylation sites is 1. The molecule has 0 amide bonds. The Balaban J connectivity index is 2.14. The van der Waals surface area contributed by atoms with Crippen molar-refractivity contribution in [2.24, 2.45) is 0 Å². The molecule has 0 unspecified atom stereocenters. The first-order valence-corrected chi connectivity index (χ1v) is 6.96. The summed E-state index contributed by atoms with van der Waals surface area (Å²) in [5.74, 6) is 0.397. The largest absolute Gasteiger partial charge is 0.434 e. The summed E-state index contributed by atoms with van der Waals surface area (Å²) in [6.07, 6.45) is 0. The molecule has 0 saturated carbocycles. The standard InChI is InChI=1S/C14H11F2N3OS/c15-14(16)20-9-5-2-1-4-8(9)12-11(13(17)19-18-12)10-6-3-7-21-10/h1-7,14H,(H3,17,18,19). The molecule has 3 N–H and O–H groups in total. The van der Waals surface area contributed by atoms with Crippen LogP contribution in [0.25, 0.3) is 21.7 Å². The van der Waals surface area contributed by atoms with E-state index in [1.54, 1.807) is 18.2 Å². The van der Waals surface area contributed by atoms with Gasteiger partial charge in [-0.3, -0.25) is 5.10 Å². The number of hydrogen-bond donors (Lipinski definition) is 2. The van der Waals surface area contributed by atoms with Gasteiger partial charge in [-0.25, -0.2) is 0 Å². The maximum atomic E-state index is 12.5. The number of nitrogens with zero attached hydrogens (tertiary/aromatic N) is 1. The highest BCUT2D eigenvalue weighted by atomic mass is 32.1. The van der Waals surface area contributed by atoms with Gasteiger partial charge in [0.05, 0.1) is 11.3 Å². The van der Waals surface area contributed by atoms with Crippen LogP contribution in [-0.4, -0.2) is 16.8 Å². The van der Waals surface area contributed by atoms with Crippen LogP contribution in [0.15, 0.2) is 41.8 Å². The summed E-state index contributed by atoms with van der Waals surface area (Å²) in [6.45, 7) is -2.89. The van der Waals surface area contributed by atoms with Crippen molar-refractivity contribution < 1.29 is 13.5 Å². The lowest BCUT2D eigenvalue weighted by Crippen LogP contribution is -2.03. The predicted octanol–water partition coefficient (Wildman–Crippen LogP) is 3.99. The van der Waals surface area contributed by atoms with Crippen LogP contribution < -0.4 is 10.5 Å². The number of nitrogens with one attached hydrogen (secondary N) is 1. The number of thiophene rings is 1. The first-order chi connectivity index (χ1) is 10.2. The minimum atomic E-state index is -2.89. The second kappa shape index (κ2) is 5.53. The van der Waals surface area contributed by atoms with Crippen molar-refractivity contribution >= 4 is 17.2 Å². The van der Waals surface area contributed by atoms with Crippen molar-refractivity contribution in [1.82, 2.24) is 10.2 Å². The van der Waals surface area contributed by atoms with Crippen LogP contribution in [0.2, 0.25) is 0 Å². The molecule has 0 aliphatic rings. The molecular weight excluding hydrogens is 296 g/mol. The Morgan fingerprint density at radius 1 is 1.19 bits per heavy atom. The average Bonchev–Trinajstić information content (AvgIpc) is 3.07. The Kier molecular flexibility index (Phi) is 3.57. The van der Waals surface area contributed by atoms with Crippen LogP contribution in [0.1, 0.15) is 0 Å². The third kappa shape index (κ3) is 2.59. The van der Waals surface area contributed by atoms with Gasteiger partial charge >= 0.3 is 6.61 Å². The van der Waals surface area contributed by atoms with Crippen LogP contribution >= 0.6 is 11.3 Å². The van der Waals surface area contributed by atoms with E-state index in [1.165, 1.54) is 17.4 Å². The molecule has 0 radical (unpaired) electrons. The minimum absolute atomic E-state index is 0.0777. The van der Waals surface area contributed by atoms with Crippen molar-refractivity contribution in [3.05, 3.63) is 41.8 Å². The highest BCUT2D eigenvalue weighted by Gasteiger charge is 2.19. The van der Waals surface area contributed by atoms with E-state index in [0.29, 0.717) is 22.6 Å². The molecular formula is C14H11F2N3OS. The first-order valence-electron chi connectivity index (χ1n) is 6.08. The number of benzene rings is 1. The molecule has 108 valence electrons. The second-order valence-corrected chi connectivity index (χ2v) is 5.16. The van der Waals surface area contributed by atoms with E-state index in [0.717, 1.165) is 4.88 Å². The molecule has 0 aliphatic heterocycles. The van der Waals surface area contributed by atoms with Gasteiger partial charge in [0.15, 0.2) is 5.82 Å². The number of ether oxygens (including phenoxy) is 1. The monoisotopic (exact) mass is 307 g/mol. The summed E-state index contributed by atoms with van der Waals surface area (Å²) in [5.41, 5.74) is 7.64. The maximum absolute atomic E-state index is 12.5. The fourth-order valence-electron chi connectivity index (χ4n) is 2.09. The highest BCUT2D eigenvalue weighted by Crippen LogP contribution is 2.40. The van der Waals surface area contributed by atoms with E-state index in [4.69, 9.17) is 5.73 Å². The SMILES string of the molecule is Nc1n[nH]c(-c2ccccc2OC(F)F)c1-c1cccs1. The van der Waals surface area contributed by atoms with Gasteiger partial charge in [0.1, 0.15) is 5.75 Å². The number of aromatic nitrogens is 2. The lowest BCUT2D eigenvalue weighted by atomic mass is 10.1. The molecule has 0 bridgehead atoms. The fraction of sp³-hybridized carbons (Fsp3) is 0.0714. The van der Waals surface area contributed by atoms with Gasteiger partial charge in [-0.2, -0.15) is 13.9 Å². The molecule has 0 saturated heterocycles. The van der Waals surface area contributed by atoms with Gasteiger partial charge in [0, 0.05) is 10.4 Å². The number of nitrogens with two attached hydrogens (primary N) is 1. The van der Waals surface area contributed by atoms with Crippen LogP contribution in [0, 0.1) is 0 Å². The quantitative estimate of drug-likeness (QED) is 0.766. The molecule has 3 rings (SSSR count). The third-order valence-corrected chi connectivity index (χ3v) is 3.82.